The monoisotopic (exact) mass is 357 g/mol. The van der Waals surface area contributed by atoms with Crippen LogP contribution in [0.5, 0.6) is 0 Å². The minimum Gasteiger partial charge on any atom is -0.446 e. The van der Waals surface area contributed by atoms with Crippen LogP contribution in [0.25, 0.3) is 11.6 Å². The smallest absolute Gasteiger partial charge is 0.197 e. The van der Waals surface area contributed by atoms with E-state index in [0.717, 1.165) is 23.0 Å². The molecular formula is C11H9Br2N3O. The summed E-state index contributed by atoms with van der Waals surface area (Å²) < 4.78 is 6.91. The van der Waals surface area contributed by atoms with Gasteiger partial charge in [0.1, 0.15) is 5.82 Å². The third-order valence-electron chi connectivity index (χ3n) is 2.66. The molecule has 1 aliphatic carbocycles. The standard InChI is InChI=1S/C11H9Br2N3O/c12-7-4-3-6(17-7)11-15-9(5-1-2-5)8(13)10(14)16-11/h3-5H,1-2H2,(H2,14,15,16). The Morgan fingerprint density at radius 2 is 2.00 bits per heavy atom. The maximum Gasteiger partial charge on any atom is 0.197 e. The zero-order chi connectivity index (χ0) is 12.0. The molecule has 1 saturated carbocycles. The highest BCUT2D eigenvalue weighted by molar-refractivity contribution is 9.10. The summed E-state index contributed by atoms with van der Waals surface area (Å²) in [5.74, 6) is 2.13. The Kier molecular flexibility index (Phi) is 2.71. The second kappa shape index (κ2) is 4.10. The van der Waals surface area contributed by atoms with Gasteiger partial charge >= 0.3 is 0 Å². The first-order chi connectivity index (χ1) is 8.15. The molecule has 6 heteroatoms. The molecule has 2 aromatic rings. The maximum absolute atomic E-state index is 5.88. The number of aromatic nitrogens is 2. The first-order valence-electron chi connectivity index (χ1n) is 5.24. The molecule has 2 aromatic heterocycles. The zero-order valence-corrected chi connectivity index (χ0v) is 12.0. The summed E-state index contributed by atoms with van der Waals surface area (Å²) in [5.41, 5.74) is 6.87. The van der Waals surface area contributed by atoms with Gasteiger partial charge in [-0.3, -0.25) is 0 Å². The molecule has 0 aromatic carbocycles. The van der Waals surface area contributed by atoms with Gasteiger partial charge in [0.2, 0.25) is 0 Å². The van der Waals surface area contributed by atoms with Crippen molar-refractivity contribution in [2.45, 2.75) is 18.8 Å². The Labute approximate surface area is 115 Å². The van der Waals surface area contributed by atoms with E-state index in [1.54, 1.807) is 0 Å². The number of nitrogen functional groups attached to an aromatic ring is 1. The third-order valence-corrected chi connectivity index (χ3v) is 3.90. The summed E-state index contributed by atoms with van der Waals surface area (Å²) >= 11 is 6.70. The summed E-state index contributed by atoms with van der Waals surface area (Å²) in [6, 6.07) is 3.64. The molecule has 1 fully saturated rings. The van der Waals surface area contributed by atoms with Crippen LogP contribution in [0.15, 0.2) is 25.7 Å². The van der Waals surface area contributed by atoms with Crippen LogP contribution in [0.1, 0.15) is 24.5 Å². The number of rotatable bonds is 2. The van der Waals surface area contributed by atoms with Crippen molar-refractivity contribution in [3.63, 3.8) is 0 Å². The molecule has 2 N–H and O–H groups in total. The van der Waals surface area contributed by atoms with Crippen molar-refractivity contribution in [2.75, 3.05) is 5.73 Å². The van der Waals surface area contributed by atoms with Crippen molar-refractivity contribution in [1.29, 1.82) is 0 Å². The van der Waals surface area contributed by atoms with Crippen molar-refractivity contribution in [3.8, 4) is 11.6 Å². The van der Waals surface area contributed by atoms with E-state index in [2.05, 4.69) is 41.8 Å². The van der Waals surface area contributed by atoms with E-state index in [9.17, 15) is 0 Å². The number of anilines is 1. The van der Waals surface area contributed by atoms with Crippen molar-refractivity contribution < 1.29 is 4.42 Å². The minimum absolute atomic E-state index is 0.462. The predicted molar refractivity (Wildman–Crippen MR) is 71.5 cm³/mol. The van der Waals surface area contributed by atoms with Crippen molar-refractivity contribution in [1.82, 2.24) is 9.97 Å². The fraction of sp³-hybridized carbons (Fsp3) is 0.273. The van der Waals surface area contributed by atoms with Gasteiger partial charge in [0.25, 0.3) is 0 Å². The van der Waals surface area contributed by atoms with E-state index in [0.29, 0.717) is 28.0 Å². The lowest BCUT2D eigenvalue weighted by Crippen LogP contribution is -2.01. The minimum atomic E-state index is 0.462. The lowest BCUT2D eigenvalue weighted by molar-refractivity contribution is 0.551. The normalized spacial score (nSPS) is 15.2. The molecule has 0 unspecified atom stereocenters. The molecule has 4 nitrogen and oxygen atoms in total. The molecule has 0 aliphatic heterocycles. The van der Waals surface area contributed by atoms with Crippen LogP contribution in [0.2, 0.25) is 0 Å². The van der Waals surface area contributed by atoms with Gasteiger partial charge < -0.3 is 10.2 Å². The highest BCUT2D eigenvalue weighted by Gasteiger charge is 2.29. The highest BCUT2D eigenvalue weighted by atomic mass is 79.9. The Morgan fingerprint density at radius 3 is 2.59 bits per heavy atom. The van der Waals surface area contributed by atoms with Gasteiger partial charge in [0.15, 0.2) is 16.3 Å². The van der Waals surface area contributed by atoms with Gasteiger partial charge in [-0.05, 0) is 56.8 Å². The molecule has 88 valence electrons. The van der Waals surface area contributed by atoms with Crippen molar-refractivity contribution in [3.05, 3.63) is 27.0 Å². The van der Waals surface area contributed by atoms with E-state index >= 15 is 0 Å². The summed E-state index contributed by atoms with van der Waals surface area (Å²) in [5, 5.41) is 0. The molecule has 17 heavy (non-hydrogen) atoms. The van der Waals surface area contributed by atoms with Crippen LogP contribution in [0.4, 0.5) is 5.82 Å². The molecule has 0 spiro atoms. The number of halogens is 2. The van der Waals surface area contributed by atoms with Crippen LogP contribution < -0.4 is 5.73 Å². The molecule has 0 atom stereocenters. The largest absolute Gasteiger partial charge is 0.446 e. The highest BCUT2D eigenvalue weighted by Crippen LogP contribution is 2.44. The Balaban J connectivity index is 2.11. The SMILES string of the molecule is Nc1nc(-c2ccc(Br)o2)nc(C2CC2)c1Br. The Hall–Kier alpha value is -0.880. The quantitative estimate of drug-likeness (QED) is 0.888. The number of hydrogen-bond donors (Lipinski definition) is 1. The van der Waals surface area contributed by atoms with Crippen LogP contribution in [0, 0.1) is 0 Å². The second-order valence-electron chi connectivity index (χ2n) is 4.01. The van der Waals surface area contributed by atoms with Crippen molar-refractivity contribution in [2.24, 2.45) is 0 Å². The van der Waals surface area contributed by atoms with Gasteiger partial charge in [-0.25, -0.2) is 9.97 Å². The fourth-order valence-corrected chi connectivity index (χ4v) is 2.46. The Morgan fingerprint density at radius 1 is 1.24 bits per heavy atom. The third kappa shape index (κ3) is 2.11. The second-order valence-corrected chi connectivity index (χ2v) is 5.58. The van der Waals surface area contributed by atoms with Gasteiger partial charge in [-0.1, -0.05) is 0 Å². The maximum atomic E-state index is 5.88. The van der Waals surface area contributed by atoms with Crippen molar-refractivity contribution >= 4 is 37.7 Å². The van der Waals surface area contributed by atoms with E-state index in [-0.39, 0.29) is 0 Å². The van der Waals surface area contributed by atoms with Gasteiger partial charge in [0, 0.05) is 5.92 Å². The summed E-state index contributed by atoms with van der Waals surface area (Å²) in [4.78, 5) is 8.76. The van der Waals surface area contributed by atoms with Crippen LogP contribution in [0.3, 0.4) is 0 Å². The van der Waals surface area contributed by atoms with Crippen LogP contribution in [-0.2, 0) is 0 Å². The Bertz CT molecular complexity index is 578. The molecule has 0 bridgehead atoms. The first-order valence-corrected chi connectivity index (χ1v) is 6.82. The number of nitrogens with zero attached hydrogens (tertiary/aromatic N) is 2. The molecule has 2 heterocycles. The first kappa shape index (κ1) is 11.2. The molecule has 0 radical (unpaired) electrons. The fourth-order valence-electron chi connectivity index (χ4n) is 1.65. The zero-order valence-electron chi connectivity index (χ0n) is 8.78. The summed E-state index contributed by atoms with van der Waals surface area (Å²) in [7, 11) is 0. The summed E-state index contributed by atoms with van der Waals surface area (Å²) in [6.07, 6.45) is 2.33. The molecular weight excluding hydrogens is 350 g/mol. The number of hydrogen-bond acceptors (Lipinski definition) is 4. The number of nitrogens with two attached hydrogens (primary N) is 1. The average Bonchev–Trinajstić information content (AvgIpc) is 3.05. The summed E-state index contributed by atoms with van der Waals surface area (Å²) in [6.45, 7) is 0. The van der Waals surface area contributed by atoms with Gasteiger partial charge in [0.05, 0.1) is 10.2 Å². The number of furan rings is 1. The van der Waals surface area contributed by atoms with Crippen LogP contribution >= 0.6 is 31.9 Å². The lowest BCUT2D eigenvalue weighted by Gasteiger charge is -2.06. The van der Waals surface area contributed by atoms with E-state index in [1.165, 1.54) is 0 Å². The molecule has 0 amide bonds. The van der Waals surface area contributed by atoms with Gasteiger partial charge in [-0.15, -0.1) is 0 Å². The predicted octanol–water partition coefficient (Wildman–Crippen LogP) is 3.72. The van der Waals surface area contributed by atoms with Crippen LogP contribution in [-0.4, -0.2) is 9.97 Å². The molecule has 1 aliphatic rings. The average molecular weight is 359 g/mol. The van der Waals surface area contributed by atoms with E-state index in [1.807, 2.05) is 12.1 Å². The lowest BCUT2D eigenvalue weighted by atomic mass is 10.2. The topological polar surface area (TPSA) is 64.9 Å². The van der Waals surface area contributed by atoms with Gasteiger partial charge in [-0.2, -0.15) is 0 Å². The molecule has 0 saturated heterocycles. The van der Waals surface area contributed by atoms with E-state index < -0.39 is 0 Å². The van der Waals surface area contributed by atoms with E-state index in [4.69, 9.17) is 10.2 Å². The molecule has 3 rings (SSSR count).